The molecule has 0 radical (unpaired) electrons. The van der Waals surface area contributed by atoms with Gasteiger partial charge in [0, 0.05) is 26.2 Å². The number of methoxy groups -OCH3 is 1. The molecule has 2 aromatic carbocycles. The number of likely N-dealkylation sites (N-methyl/N-ethyl adjacent to an activating group) is 1. The molecule has 148 valence electrons. The van der Waals surface area contributed by atoms with Crippen LogP contribution in [0.2, 0.25) is 0 Å². The molecule has 2 heterocycles. The molecule has 28 heavy (non-hydrogen) atoms. The lowest BCUT2D eigenvalue weighted by atomic mass is 9.90. The summed E-state index contributed by atoms with van der Waals surface area (Å²) in [5.41, 5.74) is 2.23. The van der Waals surface area contributed by atoms with E-state index in [9.17, 15) is 0 Å². The maximum atomic E-state index is 5.49. The average Bonchev–Trinajstić information content (AvgIpc) is 3.17. The maximum Gasteiger partial charge on any atom is 0.179 e. The number of likely N-dealkylation sites (tertiary alicyclic amines) is 1. The van der Waals surface area contributed by atoms with Crippen molar-refractivity contribution in [2.24, 2.45) is 5.92 Å². The highest BCUT2D eigenvalue weighted by Gasteiger charge is 2.20. The number of hydrogen-bond donors (Lipinski definition) is 0. The fourth-order valence-corrected chi connectivity index (χ4v) is 4.07. The molecule has 0 amide bonds. The lowest BCUT2D eigenvalue weighted by molar-refractivity contribution is 0.188. The molecule has 5 nitrogen and oxygen atoms in total. The van der Waals surface area contributed by atoms with Crippen LogP contribution in [0.4, 0.5) is 5.82 Å². The fourth-order valence-electron chi connectivity index (χ4n) is 4.07. The van der Waals surface area contributed by atoms with E-state index in [4.69, 9.17) is 9.26 Å². The number of fused-ring (bicyclic) bond motifs is 1. The number of piperidine rings is 1. The Hall–Kier alpha value is -2.53. The molecular weight excluding hydrogens is 350 g/mol. The van der Waals surface area contributed by atoms with Gasteiger partial charge in [0.1, 0.15) is 5.75 Å². The van der Waals surface area contributed by atoms with Crippen molar-refractivity contribution >= 4 is 16.8 Å². The van der Waals surface area contributed by atoms with E-state index in [2.05, 4.69) is 52.3 Å². The number of aromatic nitrogens is 1. The van der Waals surface area contributed by atoms with Gasteiger partial charge in [-0.05, 0) is 56.0 Å². The van der Waals surface area contributed by atoms with Gasteiger partial charge in [0.2, 0.25) is 0 Å². The molecule has 0 saturated carbocycles. The first-order valence-electron chi connectivity index (χ1n) is 10.1. The molecule has 0 unspecified atom stereocenters. The van der Waals surface area contributed by atoms with Crippen LogP contribution in [-0.2, 0) is 6.42 Å². The molecule has 5 heteroatoms. The topological polar surface area (TPSA) is 41.7 Å². The second-order valence-corrected chi connectivity index (χ2v) is 7.76. The first kappa shape index (κ1) is 18.8. The minimum Gasteiger partial charge on any atom is -0.497 e. The molecule has 1 aliphatic heterocycles. The Bertz CT molecular complexity index is 885. The smallest absolute Gasteiger partial charge is 0.179 e. The molecule has 1 fully saturated rings. The summed E-state index contributed by atoms with van der Waals surface area (Å²) in [6.07, 6.45) is 3.78. The van der Waals surface area contributed by atoms with Crippen molar-refractivity contribution in [3.63, 3.8) is 0 Å². The predicted molar refractivity (Wildman–Crippen MR) is 113 cm³/mol. The third-order valence-corrected chi connectivity index (χ3v) is 5.85. The molecule has 0 bridgehead atoms. The van der Waals surface area contributed by atoms with Crippen molar-refractivity contribution in [2.45, 2.75) is 19.3 Å². The van der Waals surface area contributed by atoms with Crippen molar-refractivity contribution in [1.29, 1.82) is 0 Å². The lowest BCUT2D eigenvalue weighted by Gasteiger charge is -2.33. The number of nitrogens with zero attached hydrogens (tertiary/aromatic N) is 3. The zero-order valence-electron chi connectivity index (χ0n) is 16.8. The summed E-state index contributed by atoms with van der Waals surface area (Å²) in [5.74, 6) is 2.50. The van der Waals surface area contributed by atoms with E-state index in [0.717, 1.165) is 41.5 Å². The van der Waals surface area contributed by atoms with E-state index < -0.39 is 0 Å². The Morgan fingerprint density at radius 1 is 1.14 bits per heavy atom. The summed E-state index contributed by atoms with van der Waals surface area (Å²) in [7, 11) is 3.75. The highest BCUT2D eigenvalue weighted by atomic mass is 16.5. The third-order valence-electron chi connectivity index (χ3n) is 5.85. The third kappa shape index (κ3) is 4.30. The zero-order valence-corrected chi connectivity index (χ0v) is 16.8. The number of benzene rings is 2. The Morgan fingerprint density at radius 2 is 1.93 bits per heavy atom. The van der Waals surface area contributed by atoms with Gasteiger partial charge in [-0.2, -0.15) is 0 Å². The first-order valence-corrected chi connectivity index (χ1v) is 10.1. The van der Waals surface area contributed by atoms with E-state index in [1.54, 1.807) is 7.11 Å². The standard InChI is InChI=1S/C23H29N3O2/c1-25(23-21-9-8-20(27-2)17-22(21)28-24-23)14-15-26-12-10-19(11-13-26)16-18-6-4-3-5-7-18/h3-9,17,19H,10-16H2,1-2H3. The molecule has 1 aliphatic rings. The van der Waals surface area contributed by atoms with Crippen LogP contribution in [-0.4, -0.2) is 50.4 Å². The molecular formula is C23H29N3O2. The van der Waals surface area contributed by atoms with Gasteiger partial charge in [-0.1, -0.05) is 35.5 Å². The van der Waals surface area contributed by atoms with Crippen LogP contribution in [0.5, 0.6) is 5.75 Å². The van der Waals surface area contributed by atoms with Crippen LogP contribution in [0, 0.1) is 5.92 Å². The molecule has 0 spiro atoms. The van der Waals surface area contributed by atoms with E-state index in [1.165, 1.54) is 37.9 Å². The second kappa shape index (κ2) is 8.65. The van der Waals surface area contributed by atoms with Gasteiger partial charge in [0.05, 0.1) is 12.5 Å². The Balaban J connectivity index is 1.27. The summed E-state index contributed by atoms with van der Waals surface area (Å²) in [6, 6.07) is 16.7. The van der Waals surface area contributed by atoms with Gasteiger partial charge >= 0.3 is 0 Å². The van der Waals surface area contributed by atoms with Gasteiger partial charge < -0.3 is 19.1 Å². The summed E-state index contributed by atoms with van der Waals surface area (Å²) in [4.78, 5) is 4.76. The highest BCUT2D eigenvalue weighted by molar-refractivity contribution is 5.89. The maximum absolute atomic E-state index is 5.49. The van der Waals surface area contributed by atoms with Gasteiger partial charge in [-0.25, -0.2) is 0 Å². The largest absolute Gasteiger partial charge is 0.497 e. The predicted octanol–water partition coefficient (Wildman–Crippen LogP) is 4.23. The van der Waals surface area contributed by atoms with E-state index >= 15 is 0 Å². The van der Waals surface area contributed by atoms with Crippen molar-refractivity contribution in [1.82, 2.24) is 10.1 Å². The zero-order chi connectivity index (χ0) is 19.3. The Kier molecular flexibility index (Phi) is 5.81. The molecule has 1 saturated heterocycles. The summed E-state index contributed by atoms with van der Waals surface area (Å²) in [5, 5.41) is 5.30. The normalized spacial score (nSPS) is 15.8. The van der Waals surface area contributed by atoms with Crippen LogP contribution in [0.25, 0.3) is 11.0 Å². The van der Waals surface area contributed by atoms with Crippen LogP contribution in [0.3, 0.4) is 0 Å². The van der Waals surface area contributed by atoms with E-state index in [1.807, 2.05) is 18.2 Å². The average molecular weight is 380 g/mol. The van der Waals surface area contributed by atoms with Gasteiger partial charge in [-0.3, -0.25) is 0 Å². The Labute approximate surface area is 166 Å². The first-order chi connectivity index (χ1) is 13.7. The van der Waals surface area contributed by atoms with Crippen LogP contribution >= 0.6 is 0 Å². The number of ether oxygens (including phenoxy) is 1. The van der Waals surface area contributed by atoms with Crippen LogP contribution in [0.1, 0.15) is 18.4 Å². The van der Waals surface area contributed by atoms with Crippen LogP contribution in [0.15, 0.2) is 53.1 Å². The molecule has 0 N–H and O–H groups in total. The minimum absolute atomic E-state index is 0.767. The van der Waals surface area contributed by atoms with Crippen molar-refractivity contribution in [2.75, 3.05) is 45.2 Å². The van der Waals surface area contributed by atoms with Gasteiger partial charge in [-0.15, -0.1) is 0 Å². The highest BCUT2D eigenvalue weighted by Crippen LogP contribution is 2.28. The van der Waals surface area contributed by atoms with Crippen molar-refractivity contribution in [3.05, 3.63) is 54.1 Å². The Morgan fingerprint density at radius 3 is 2.68 bits per heavy atom. The molecule has 3 aromatic rings. The summed E-state index contributed by atoms with van der Waals surface area (Å²) >= 11 is 0. The fraction of sp³-hybridized carbons (Fsp3) is 0.435. The van der Waals surface area contributed by atoms with Crippen molar-refractivity contribution < 1.29 is 9.26 Å². The molecule has 0 atom stereocenters. The van der Waals surface area contributed by atoms with Crippen molar-refractivity contribution in [3.8, 4) is 5.75 Å². The van der Waals surface area contributed by atoms with Gasteiger partial charge in [0.25, 0.3) is 0 Å². The lowest BCUT2D eigenvalue weighted by Crippen LogP contribution is -2.39. The number of anilines is 1. The van der Waals surface area contributed by atoms with E-state index in [-0.39, 0.29) is 0 Å². The molecule has 0 aliphatic carbocycles. The monoisotopic (exact) mass is 379 g/mol. The SMILES string of the molecule is COc1ccc2c(N(C)CCN3CCC(Cc4ccccc4)CC3)noc2c1. The van der Waals surface area contributed by atoms with Crippen LogP contribution < -0.4 is 9.64 Å². The number of rotatable bonds is 7. The molecule has 1 aromatic heterocycles. The van der Waals surface area contributed by atoms with E-state index in [0.29, 0.717) is 0 Å². The minimum atomic E-state index is 0.767. The second-order valence-electron chi connectivity index (χ2n) is 7.76. The molecule has 4 rings (SSSR count). The summed E-state index contributed by atoms with van der Waals surface area (Å²) < 4.78 is 10.7. The summed E-state index contributed by atoms with van der Waals surface area (Å²) in [6.45, 7) is 4.36. The quantitative estimate of drug-likeness (QED) is 0.615. The number of hydrogen-bond acceptors (Lipinski definition) is 5. The van der Waals surface area contributed by atoms with Gasteiger partial charge in [0.15, 0.2) is 11.4 Å².